The van der Waals surface area contributed by atoms with E-state index in [0.717, 1.165) is 9.87 Å². The van der Waals surface area contributed by atoms with Gasteiger partial charge in [-0.05, 0) is 55.0 Å². The second-order valence-corrected chi connectivity index (χ2v) is 17.1. The number of halogens is 1. The highest BCUT2D eigenvalue weighted by molar-refractivity contribution is 7.93. The van der Waals surface area contributed by atoms with Crippen LogP contribution >= 0.6 is 11.6 Å². The first-order valence-electron chi connectivity index (χ1n) is 16.4. The number of nitriles is 2. The molecule has 2 aliphatic heterocycles. The third-order valence-electron chi connectivity index (χ3n) is 9.75. The van der Waals surface area contributed by atoms with E-state index >= 15 is 0 Å². The van der Waals surface area contributed by atoms with Crippen LogP contribution in [-0.2, 0) is 32.9 Å². The van der Waals surface area contributed by atoms with E-state index in [9.17, 15) is 36.9 Å². The van der Waals surface area contributed by atoms with Crippen LogP contribution in [0.5, 0.6) is 0 Å². The standard InChI is InChI=1S/C37H27ClN8O6S2/c1-44(2)30-10-20(16-39)11-31-24(30)6-8-45(31)54(51,52)34-14-22(13-26-35(34)27(38)19-42-36(26)47)29-15-25-23(37(48)43-29)4-3-5-33(25)53(49,50)46-9-7-28-32(46)12-21(17-40)18-41-28/h3-5,10-15,18-19H,6-9H2,1-2H3,(H,42,47)(H,43,48). The van der Waals surface area contributed by atoms with Gasteiger partial charge < -0.3 is 14.9 Å². The van der Waals surface area contributed by atoms with Gasteiger partial charge in [0.25, 0.3) is 31.2 Å². The van der Waals surface area contributed by atoms with Gasteiger partial charge in [-0.1, -0.05) is 17.7 Å². The molecular weight excluding hydrogens is 752 g/mol. The van der Waals surface area contributed by atoms with Gasteiger partial charge >= 0.3 is 0 Å². The Morgan fingerprint density at radius 3 is 2.26 bits per heavy atom. The predicted octanol–water partition coefficient (Wildman–Crippen LogP) is 4.40. The number of hydrogen-bond donors (Lipinski definition) is 2. The largest absolute Gasteiger partial charge is 0.377 e. The minimum Gasteiger partial charge on any atom is -0.377 e. The van der Waals surface area contributed by atoms with Crippen LogP contribution in [0.1, 0.15) is 22.4 Å². The number of aromatic amines is 2. The normalized spacial score (nSPS) is 13.9. The van der Waals surface area contributed by atoms with Crippen molar-refractivity contribution in [3.8, 4) is 23.4 Å². The Morgan fingerprint density at radius 2 is 1.52 bits per heavy atom. The molecule has 0 atom stereocenters. The van der Waals surface area contributed by atoms with E-state index in [-0.39, 0.29) is 77.5 Å². The Balaban J connectivity index is 1.33. The van der Waals surface area contributed by atoms with Gasteiger partial charge in [-0.25, -0.2) is 16.8 Å². The number of anilines is 3. The molecule has 0 unspecified atom stereocenters. The lowest BCUT2D eigenvalue weighted by Gasteiger charge is -2.23. The summed E-state index contributed by atoms with van der Waals surface area (Å²) < 4.78 is 60.5. The van der Waals surface area contributed by atoms with Crippen molar-refractivity contribution in [2.75, 3.05) is 40.7 Å². The van der Waals surface area contributed by atoms with Crippen LogP contribution in [0.25, 0.3) is 32.8 Å². The fourth-order valence-corrected chi connectivity index (χ4v) is 11.0. The summed E-state index contributed by atoms with van der Waals surface area (Å²) >= 11 is 6.60. The zero-order valence-electron chi connectivity index (χ0n) is 28.5. The summed E-state index contributed by atoms with van der Waals surface area (Å²) in [6, 6.07) is 17.1. The second kappa shape index (κ2) is 12.4. The van der Waals surface area contributed by atoms with Crippen molar-refractivity contribution in [3.05, 3.63) is 115 Å². The maximum atomic E-state index is 14.8. The summed E-state index contributed by atoms with van der Waals surface area (Å²) in [6.07, 6.45) is 3.24. The molecule has 0 saturated carbocycles. The van der Waals surface area contributed by atoms with Gasteiger partial charge in [-0.15, -0.1) is 0 Å². The molecule has 2 N–H and O–H groups in total. The topological polar surface area (TPSA) is 204 Å². The van der Waals surface area contributed by atoms with Gasteiger partial charge in [0.05, 0.1) is 54.5 Å². The highest BCUT2D eigenvalue weighted by atomic mass is 35.5. The Kier molecular flexibility index (Phi) is 8.04. The number of aromatic nitrogens is 3. The molecule has 3 aromatic heterocycles. The molecule has 6 aromatic rings. The maximum Gasteiger partial charge on any atom is 0.265 e. The number of nitrogens with one attached hydrogen (secondary N) is 2. The molecule has 3 aromatic carbocycles. The first-order valence-corrected chi connectivity index (χ1v) is 19.7. The lowest BCUT2D eigenvalue weighted by molar-refractivity contribution is 0.591. The smallest absolute Gasteiger partial charge is 0.265 e. The van der Waals surface area contributed by atoms with Crippen molar-refractivity contribution >= 4 is 70.3 Å². The van der Waals surface area contributed by atoms with Crippen LogP contribution in [0.3, 0.4) is 0 Å². The number of nitrogens with zero attached hydrogens (tertiary/aromatic N) is 6. The van der Waals surface area contributed by atoms with Crippen molar-refractivity contribution in [3.63, 3.8) is 0 Å². The molecule has 8 rings (SSSR count). The fraction of sp³-hybridized carbons (Fsp3) is 0.162. The van der Waals surface area contributed by atoms with E-state index in [4.69, 9.17) is 11.6 Å². The molecular formula is C37H27ClN8O6S2. The first-order chi connectivity index (χ1) is 25.7. The quantitative estimate of drug-likeness (QED) is 0.244. The van der Waals surface area contributed by atoms with Crippen LogP contribution in [0.15, 0.2) is 86.4 Å². The van der Waals surface area contributed by atoms with Crippen molar-refractivity contribution < 1.29 is 16.8 Å². The summed E-state index contributed by atoms with van der Waals surface area (Å²) in [5, 5.41) is 19.1. The highest BCUT2D eigenvalue weighted by Crippen LogP contribution is 2.42. The van der Waals surface area contributed by atoms with Gasteiger partial charge in [0.2, 0.25) is 0 Å². The van der Waals surface area contributed by atoms with Crippen LogP contribution in [0, 0.1) is 22.7 Å². The van der Waals surface area contributed by atoms with E-state index in [2.05, 4.69) is 21.0 Å². The van der Waals surface area contributed by atoms with E-state index in [1.807, 2.05) is 6.07 Å². The van der Waals surface area contributed by atoms with E-state index in [0.29, 0.717) is 29.9 Å². The van der Waals surface area contributed by atoms with Gasteiger partial charge in [0.15, 0.2) is 0 Å². The molecule has 54 heavy (non-hydrogen) atoms. The molecule has 0 aliphatic carbocycles. The highest BCUT2D eigenvalue weighted by Gasteiger charge is 2.36. The fourth-order valence-electron chi connectivity index (χ4n) is 7.25. The maximum absolute atomic E-state index is 14.8. The number of pyridine rings is 3. The summed E-state index contributed by atoms with van der Waals surface area (Å²) in [5.74, 6) is 0. The number of H-pyrrole nitrogens is 2. The summed E-state index contributed by atoms with van der Waals surface area (Å²) in [5.41, 5.74) is 1.75. The van der Waals surface area contributed by atoms with Crippen LogP contribution in [0.4, 0.5) is 17.1 Å². The Morgan fingerprint density at radius 1 is 0.815 bits per heavy atom. The third kappa shape index (κ3) is 5.29. The zero-order valence-corrected chi connectivity index (χ0v) is 30.9. The molecule has 14 nitrogen and oxygen atoms in total. The van der Waals surface area contributed by atoms with Crippen molar-refractivity contribution in [2.24, 2.45) is 0 Å². The molecule has 0 fully saturated rings. The summed E-state index contributed by atoms with van der Waals surface area (Å²) in [4.78, 5) is 37.8. The molecule has 0 radical (unpaired) electrons. The average molecular weight is 779 g/mol. The number of fused-ring (bicyclic) bond motifs is 4. The number of sulfonamides is 2. The Hall–Kier alpha value is -6.20. The van der Waals surface area contributed by atoms with Gasteiger partial charge in [-0.3, -0.25) is 23.2 Å². The first kappa shape index (κ1) is 34.9. The minimum absolute atomic E-state index is 0.0339. The van der Waals surface area contributed by atoms with Gasteiger partial charge in [0, 0.05) is 84.7 Å². The van der Waals surface area contributed by atoms with Gasteiger partial charge in [0.1, 0.15) is 6.07 Å². The van der Waals surface area contributed by atoms with E-state index < -0.39 is 31.2 Å². The molecule has 0 saturated heterocycles. The number of benzene rings is 3. The average Bonchev–Trinajstić information content (AvgIpc) is 3.80. The molecule has 0 bridgehead atoms. The molecule has 270 valence electrons. The van der Waals surface area contributed by atoms with Crippen molar-refractivity contribution in [1.29, 1.82) is 10.5 Å². The third-order valence-corrected chi connectivity index (χ3v) is 13.8. The monoisotopic (exact) mass is 778 g/mol. The molecule has 5 heterocycles. The summed E-state index contributed by atoms with van der Waals surface area (Å²) in [6.45, 7) is 0.103. The van der Waals surface area contributed by atoms with E-state index in [1.165, 1.54) is 65.2 Å². The van der Waals surface area contributed by atoms with Crippen molar-refractivity contribution in [1.82, 2.24) is 15.0 Å². The van der Waals surface area contributed by atoms with E-state index in [1.54, 1.807) is 25.1 Å². The van der Waals surface area contributed by atoms with Crippen LogP contribution in [-0.4, -0.2) is 59.0 Å². The van der Waals surface area contributed by atoms with Crippen LogP contribution < -0.4 is 24.6 Å². The summed E-state index contributed by atoms with van der Waals surface area (Å²) in [7, 11) is -5.23. The predicted molar refractivity (Wildman–Crippen MR) is 204 cm³/mol. The SMILES string of the molecule is CN(C)c1cc(C#N)cc2c1CCN2S(=O)(=O)c1cc(-c2cc3c(S(=O)(=O)N4CCc5ncc(C#N)cc54)cccc3c(=O)[nH]2)cc2c(=O)[nH]cc(Cl)c12. The lowest BCUT2D eigenvalue weighted by atomic mass is 10.0. The second-order valence-electron chi connectivity index (χ2n) is 13.0. The number of rotatable bonds is 6. The Labute approximate surface area is 313 Å². The van der Waals surface area contributed by atoms with Gasteiger partial charge in [-0.2, -0.15) is 10.5 Å². The minimum atomic E-state index is -4.50. The molecule has 0 amide bonds. The molecule has 2 aliphatic rings. The van der Waals surface area contributed by atoms with Crippen molar-refractivity contribution in [2.45, 2.75) is 22.6 Å². The molecule has 17 heteroatoms. The Bertz CT molecular complexity index is 3070. The molecule has 0 spiro atoms. The van der Waals surface area contributed by atoms with Crippen LogP contribution in [0.2, 0.25) is 5.02 Å². The zero-order chi connectivity index (χ0) is 38.3. The lowest BCUT2D eigenvalue weighted by Crippen LogP contribution is -2.30. The number of hydrogen-bond acceptors (Lipinski definition) is 10.